The Morgan fingerprint density at radius 1 is 1.42 bits per heavy atom. The minimum Gasteiger partial charge on any atom is -0.379 e. The number of hydrogen-bond donors (Lipinski definition) is 1. The van der Waals surface area contributed by atoms with Crippen LogP contribution >= 0.6 is 22.9 Å². The van der Waals surface area contributed by atoms with Crippen molar-refractivity contribution in [1.82, 2.24) is 0 Å². The summed E-state index contributed by atoms with van der Waals surface area (Å²) < 4.78 is 0. The highest BCUT2D eigenvalue weighted by molar-refractivity contribution is 7.15. The zero-order valence-corrected chi connectivity index (χ0v) is 11.2. The molecule has 19 heavy (non-hydrogen) atoms. The maximum atomic E-state index is 10.6. The number of thiophene rings is 1. The quantitative estimate of drug-likeness (QED) is 0.687. The van der Waals surface area contributed by atoms with Gasteiger partial charge in [0.05, 0.1) is 16.2 Å². The topological polar surface area (TPSA) is 79.0 Å². The Morgan fingerprint density at radius 3 is 2.84 bits per heavy atom. The van der Waals surface area contributed by atoms with Crippen LogP contribution in [0.15, 0.2) is 30.3 Å². The summed E-state index contributed by atoms with van der Waals surface area (Å²) >= 11 is 6.97. The molecule has 0 amide bonds. The molecule has 7 heteroatoms. The van der Waals surface area contributed by atoms with Crippen molar-refractivity contribution < 1.29 is 4.92 Å². The minimum absolute atomic E-state index is 0.100. The van der Waals surface area contributed by atoms with E-state index < -0.39 is 4.92 Å². The summed E-state index contributed by atoms with van der Waals surface area (Å²) in [5, 5.41) is 23.2. The maximum Gasteiger partial charge on any atom is 0.324 e. The van der Waals surface area contributed by atoms with Crippen molar-refractivity contribution in [3.63, 3.8) is 0 Å². The second kappa shape index (κ2) is 5.69. The highest BCUT2D eigenvalue weighted by Gasteiger charge is 2.10. The second-order valence-electron chi connectivity index (χ2n) is 3.65. The molecule has 1 N–H and O–H groups in total. The fraction of sp³-hybridized carbons (Fsp3) is 0.0833. The molecule has 0 aliphatic carbocycles. The highest BCUT2D eigenvalue weighted by Crippen LogP contribution is 2.26. The first-order chi connectivity index (χ1) is 9.10. The summed E-state index contributed by atoms with van der Waals surface area (Å²) in [6.45, 7) is 0.410. The van der Waals surface area contributed by atoms with Crippen LogP contribution in [0, 0.1) is 21.4 Å². The third-order valence-electron chi connectivity index (χ3n) is 2.38. The van der Waals surface area contributed by atoms with Gasteiger partial charge in [-0.3, -0.25) is 10.1 Å². The Labute approximate surface area is 118 Å². The molecule has 0 aliphatic heterocycles. The molecule has 0 fully saturated rings. The lowest BCUT2D eigenvalue weighted by molar-refractivity contribution is -0.380. The Bertz CT molecular complexity index is 663. The number of nitrogens with one attached hydrogen (secondary N) is 1. The third kappa shape index (κ3) is 3.22. The normalized spacial score (nSPS) is 9.89. The van der Waals surface area contributed by atoms with Crippen LogP contribution in [-0.2, 0) is 6.54 Å². The number of anilines is 1. The van der Waals surface area contributed by atoms with E-state index in [-0.39, 0.29) is 5.00 Å². The molecule has 0 bridgehead atoms. The van der Waals surface area contributed by atoms with Gasteiger partial charge in [0.2, 0.25) is 0 Å². The van der Waals surface area contributed by atoms with Crippen molar-refractivity contribution in [2.75, 3.05) is 5.32 Å². The Morgan fingerprint density at radius 2 is 2.21 bits per heavy atom. The summed E-state index contributed by atoms with van der Waals surface area (Å²) in [7, 11) is 0. The third-order valence-corrected chi connectivity index (χ3v) is 3.65. The summed E-state index contributed by atoms with van der Waals surface area (Å²) in [5.41, 5.74) is 1.10. The average molecular weight is 294 g/mol. The van der Waals surface area contributed by atoms with Gasteiger partial charge in [-0.1, -0.05) is 22.9 Å². The van der Waals surface area contributed by atoms with Crippen LogP contribution in [0.25, 0.3) is 0 Å². The molecule has 1 aromatic heterocycles. The molecule has 0 radical (unpaired) electrons. The molecule has 0 aliphatic rings. The Kier molecular flexibility index (Phi) is 4.00. The van der Waals surface area contributed by atoms with Crippen molar-refractivity contribution in [2.24, 2.45) is 0 Å². The largest absolute Gasteiger partial charge is 0.379 e. The minimum atomic E-state index is -0.422. The smallest absolute Gasteiger partial charge is 0.324 e. The van der Waals surface area contributed by atoms with Gasteiger partial charge in [0.1, 0.15) is 6.07 Å². The van der Waals surface area contributed by atoms with Gasteiger partial charge in [0, 0.05) is 22.5 Å². The molecule has 1 heterocycles. The lowest BCUT2D eigenvalue weighted by atomic mass is 10.2. The van der Waals surface area contributed by atoms with Crippen LogP contribution in [0.3, 0.4) is 0 Å². The molecule has 0 spiro atoms. The van der Waals surface area contributed by atoms with E-state index in [1.165, 1.54) is 6.07 Å². The molecular formula is C12H8ClN3O2S. The van der Waals surface area contributed by atoms with Gasteiger partial charge in [-0.05, 0) is 24.3 Å². The second-order valence-corrected chi connectivity index (χ2v) is 5.24. The van der Waals surface area contributed by atoms with E-state index in [9.17, 15) is 10.1 Å². The molecule has 0 saturated carbocycles. The molecule has 0 atom stereocenters. The SMILES string of the molecule is N#Cc1ccc(Cl)cc1NCc1ccc([N+](=O)[O-])s1. The zero-order valence-electron chi connectivity index (χ0n) is 9.59. The zero-order chi connectivity index (χ0) is 13.8. The van der Waals surface area contributed by atoms with E-state index in [1.807, 2.05) is 0 Å². The molecule has 5 nitrogen and oxygen atoms in total. The van der Waals surface area contributed by atoms with Crippen molar-refractivity contribution in [1.29, 1.82) is 5.26 Å². The summed E-state index contributed by atoms with van der Waals surface area (Å²) in [6.07, 6.45) is 0. The van der Waals surface area contributed by atoms with Crippen LogP contribution in [0.5, 0.6) is 0 Å². The van der Waals surface area contributed by atoms with Crippen molar-refractivity contribution in [3.05, 3.63) is 55.9 Å². The van der Waals surface area contributed by atoms with E-state index >= 15 is 0 Å². The fourth-order valence-electron chi connectivity index (χ4n) is 1.50. The molecular weight excluding hydrogens is 286 g/mol. The molecule has 2 rings (SSSR count). The van der Waals surface area contributed by atoms with E-state index in [1.54, 1.807) is 24.3 Å². The van der Waals surface area contributed by atoms with Gasteiger partial charge >= 0.3 is 5.00 Å². The average Bonchev–Trinajstić information content (AvgIpc) is 2.85. The van der Waals surface area contributed by atoms with Gasteiger partial charge in [-0.2, -0.15) is 5.26 Å². The maximum absolute atomic E-state index is 10.6. The van der Waals surface area contributed by atoms with Crippen molar-refractivity contribution in [2.45, 2.75) is 6.54 Å². The first-order valence-electron chi connectivity index (χ1n) is 5.27. The van der Waals surface area contributed by atoms with Crippen LogP contribution < -0.4 is 5.32 Å². The molecule has 1 aromatic carbocycles. The predicted octanol–water partition coefficient (Wildman–Crippen LogP) is 3.79. The molecule has 0 saturated heterocycles. The molecule has 0 unspecified atom stereocenters. The Balaban J connectivity index is 2.12. The lowest BCUT2D eigenvalue weighted by Gasteiger charge is -2.06. The van der Waals surface area contributed by atoms with Gasteiger partial charge in [0.25, 0.3) is 0 Å². The van der Waals surface area contributed by atoms with Gasteiger partial charge in [0.15, 0.2) is 0 Å². The van der Waals surface area contributed by atoms with Gasteiger partial charge in [-0.15, -0.1) is 0 Å². The molecule has 2 aromatic rings. The number of halogens is 1. The number of nitro groups is 1. The van der Waals surface area contributed by atoms with Crippen LogP contribution in [0.1, 0.15) is 10.4 Å². The van der Waals surface area contributed by atoms with Crippen LogP contribution in [0.2, 0.25) is 5.02 Å². The fourth-order valence-corrected chi connectivity index (χ4v) is 2.43. The lowest BCUT2D eigenvalue weighted by Crippen LogP contribution is -1.99. The number of benzene rings is 1. The highest BCUT2D eigenvalue weighted by atomic mass is 35.5. The van der Waals surface area contributed by atoms with Crippen molar-refractivity contribution in [3.8, 4) is 6.07 Å². The number of nitriles is 1. The van der Waals surface area contributed by atoms with Crippen LogP contribution in [-0.4, -0.2) is 4.92 Å². The standard InChI is InChI=1S/C12H8ClN3O2S/c13-9-2-1-8(6-14)11(5-9)15-7-10-3-4-12(19-10)16(17)18/h1-5,15H,7H2. The number of nitrogens with zero attached hydrogens (tertiary/aromatic N) is 2. The van der Waals surface area contributed by atoms with Crippen molar-refractivity contribution >= 4 is 33.6 Å². The van der Waals surface area contributed by atoms with E-state index in [0.29, 0.717) is 22.8 Å². The molecule has 96 valence electrons. The van der Waals surface area contributed by atoms with E-state index in [2.05, 4.69) is 11.4 Å². The predicted molar refractivity (Wildman–Crippen MR) is 74.5 cm³/mol. The summed E-state index contributed by atoms with van der Waals surface area (Å²) in [4.78, 5) is 11.0. The monoisotopic (exact) mass is 293 g/mol. The Hall–Kier alpha value is -2.10. The van der Waals surface area contributed by atoms with Gasteiger partial charge < -0.3 is 5.32 Å². The summed E-state index contributed by atoms with van der Waals surface area (Å²) in [6, 6.07) is 10.1. The summed E-state index contributed by atoms with van der Waals surface area (Å²) in [5.74, 6) is 0. The number of rotatable bonds is 4. The van der Waals surface area contributed by atoms with Crippen LogP contribution in [0.4, 0.5) is 10.7 Å². The van der Waals surface area contributed by atoms with E-state index in [4.69, 9.17) is 16.9 Å². The first-order valence-corrected chi connectivity index (χ1v) is 6.46. The van der Waals surface area contributed by atoms with Gasteiger partial charge in [-0.25, -0.2) is 0 Å². The first kappa shape index (κ1) is 13.3. The number of hydrogen-bond acceptors (Lipinski definition) is 5. The van der Waals surface area contributed by atoms with E-state index in [0.717, 1.165) is 16.2 Å².